The maximum absolute atomic E-state index is 13.1. The first-order chi connectivity index (χ1) is 18.8. The smallest absolute Gasteiger partial charge is 0.488 e. The summed E-state index contributed by atoms with van der Waals surface area (Å²) in [5, 5.41) is 14.2. The number of aromatic nitrogens is 1. The molecule has 1 N–H and O–H groups in total. The summed E-state index contributed by atoms with van der Waals surface area (Å²) in [6.45, 7) is -0.0719. The van der Waals surface area contributed by atoms with Gasteiger partial charge in [-0.2, -0.15) is 0 Å². The lowest BCUT2D eigenvalue weighted by Crippen LogP contribution is -2.21. The molecule has 0 saturated heterocycles. The quantitative estimate of drug-likeness (QED) is 0.239. The van der Waals surface area contributed by atoms with Crippen molar-refractivity contribution >= 4 is 5.97 Å². The summed E-state index contributed by atoms with van der Waals surface area (Å²) in [5.41, 5.74) is 1.97. The number of hydrogen-bond donors (Lipinski definition) is 1. The number of rotatable bonds is 9. The Balaban J connectivity index is 1.43. The number of carboxylic acids is 1. The second kappa shape index (κ2) is 9.48. The number of ether oxygens (including phenoxy) is 2. The number of aliphatic carboxylic acids is 1. The highest BCUT2D eigenvalue weighted by molar-refractivity contribution is 5.88. The zero-order chi connectivity index (χ0) is 27.2. The topological polar surface area (TPSA) is 81.8 Å². The molecule has 3 aromatic carbocycles. The minimum absolute atomic E-state index is 0.0719. The highest BCUT2D eigenvalue weighted by atomic mass is 19.4. The fourth-order valence-electron chi connectivity index (χ4n) is 5.00. The van der Waals surface area contributed by atoms with Crippen molar-refractivity contribution in [3.63, 3.8) is 0 Å². The van der Waals surface area contributed by atoms with E-state index in [0.29, 0.717) is 35.5 Å². The number of benzene rings is 3. The van der Waals surface area contributed by atoms with Crippen molar-refractivity contribution in [3.8, 4) is 33.9 Å². The fourth-order valence-corrected chi connectivity index (χ4v) is 5.00. The van der Waals surface area contributed by atoms with Crippen molar-refractivity contribution < 1.29 is 37.1 Å². The maximum Gasteiger partial charge on any atom is 0.573 e. The second-order valence-corrected chi connectivity index (χ2v) is 9.92. The van der Waals surface area contributed by atoms with Crippen LogP contribution in [0.25, 0.3) is 22.4 Å². The number of para-hydroxylation sites is 2. The van der Waals surface area contributed by atoms with E-state index in [0.717, 1.165) is 24.0 Å². The van der Waals surface area contributed by atoms with Crippen LogP contribution in [0.4, 0.5) is 13.2 Å². The molecule has 0 atom stereocenters. The molecule has 4 aromatic rings. The fraction of sp³-hybridized carbons (Fsp3) is 0.267. The van der Waals surface area contributed by atoms with Crippen LogP contribution in [-0.2, 0) is 16.8 Å². The van der Waals surface area contributed by atoms with Crippen LogP contribution in [0.15, 0.2) is 77.3 Å². The van der Waals surface area contributed by atoms with E-state index in [-0.39, 0.29) is 23.8 Å². The lowest BCUT2D eigenvalue weighted by atomic mass is 9.91. The van der Waals surface area contributed by atoms with Gasteiger partial charge in [-0.15, -0.1) is 13.2 Å². The summed E-state index contributed by atoms with van der Waals surface area (Å²) in [5.74, 6) is -0.226. The minimum Gasteiger partial charge on any atom is -0.488 e. The van der Waals surface area contributed by atoms with Gasteiger partial charge in [-0.3, -0.25) is 4.79 Å². The van der Waals surface area contributed by atoms with Crippen LogP contribution in [0.1, 0.15) is 48.5 Å². The van der Waals surface area contributed by atoms with Gasteiger partial charge in [-0.25, -0.2) is 0 Å². The molecule has 6 rings (SSSR count). The van der Waals surface area contributed by atoms with Crippen LogP contribution in [0.5, 0.6) is 11.5 Å². The molecule has 2 aliphatic rings. The monoisotopic (exact) mass is 535 g/mol. The van der Waals surface area contributed by atoms with Crippen LogP contribution in [0, 0.1) is 0 Å². The summed E-state index contributed by atoms with van der Waals surface area (Å²) < 4.78 is 55.8. The van der Waals surface area contributed by atoms with Gasteiger partial charge in [0.1, 0.15) is 29.6 Å². The Hall–Kier alpha value is -4.27. The highest BCUT2D eigenvalue weighted by Gasteiger charge is 2.53. The molecule has 0 radical (unpaired) electrons. The molecule has 39 heavy (non-hydrogen) atoms. The Labute approximate surface area is 222 Å². The molecule has 0 unspecified atom stereocenters. The Morgan fingerprint density at radius 1 is 0.974 bits per heavy atom. The molecule has 6 nitrogen and oxygen atoms in total. The molecule has 9 heteroatoms. The van der Waals surface area contributed by atoms with Crippen molar-refractivity contribution in [3.05, 3.63) is 89.7 Å². The van der Waals surface area contributed by atoms with Crippen LogP contribution >= 0.6 is 0 Å². The maximum atomic E-state index is 13.1. The predicted molar refractivity (Wildman–Crippen MR) is 135 cm³/mol. The van der Waals surface area contributed by atoms with E-state index in [2.05, 4.69) is 9.89 Å². The third kappa shape index (κ3) is 4.84. The van der Waals surface area contributed by atoms with Gasteiger partial charge in [-0.05, 0) is 43.4 Å². The van der Waals surface area contributed by atoms with Gasteiger partial charge in [0.15, 0.2) is 0 Å². The Bertz CT molecular complexity index is 1520. The van der Waals surface area contributed by atoms with Crippen molar-refractivity contribution in [1.82, 2.24) is 5.16 Å². The normalized spacial score (nSPS) is 16.1. The summed E-state index contributed by atoms with van der Waals surface area (Å²) in [7, 11) is 0. The van der Waals surface area contributed by atoms with Crippen LogP contribution < -0.4 is 9.47 Å². The first-order valence-corrected chi connectivity index (χ1v) is 12.7. The van der Waals surface area contributed by atoms with Gasteiger partial charge in [0.2, 0.25) is 0 Å². The van der Waals surface area contributed by atoms with E-state index >= 15 is 0 Å². The van der Waals surface area contributed by atoms with Gasteiger partial charge in [0, 0.05) is 22.6 Å². The SMILES string of the molecule is O=C(O)C1(c2cccc(-c3ccccc3)c2OCc2c(-c3ccccc3OC(F)(F)F)noc2C2CC2)CC1. The number of alkyl halides is 3. The van der Waals surface area contributed by atoms with Crippen molar-refractivity contribution in [2.24, 2.45) is 0 Å². The van der Waals surface area contributed by atoms with Gasteiger partial charge >= 0.3 is 12.3 Å². The molecule has 1 aromatic heterocycles. The van der Waals surface area contributed by atoms with E-state index in [1.54, 1.807) is 12.1 Å². The molecular formula is C30H24F3NO5. The van der Waals surface area contributed by atoms with Gasteiger partial charge in [-0.1, -0.05) is 65.8 Å². The summed E-state index contributed by atoms with van der Waals surface area (Å²) in [6, 6.07) is 20.7. The first-order valence-electron chi connectivity index (χ1n) is 12.7. The molecule has 0 spiro atoms. The van der Waals surface area contributed by atoms with Crippen LogP contribution in [-0.4, -0.2) is 22.6 Å². The standard InChI is InChI=1S/C30H24F3NO5/c31-30(32,33)38-24-12-5-4-9-21(24)25-22(26(39-34-25)19-13-14-19)17-37-27-20(18-7-2-1-3-8-18)10-6-11-23(27)29(15-16-29)28(35)36/h1-12,19H,13-17H2,(H,35,36). The molecule has 200 valence electrons. The Morgan fingerprint density at radius 2 is 1.67 bits per heavy atom. The van der Waals surface area contributed by atoms with E-state index in [4.69, 9.17) is 9.26 Å². The summed E-state index contributed by atoms with van der Waals surface area (Å²) in [4.78, 5) is 12.3. The summed E-state index contributed by atoms with van der Waals surface area (Å²) >= 11 is 0. The zero-order valence-corrected chi connectivity index (χ0v) is 20.7. The molecule has 2 aliphatic carbocycles. The molecule has 0 aliphatic heterocycles. The molecule has 2 saturated carbocycles. The predicted octanol–water partition coefficient (Wildman–Crippen LogP) is 7.48. The van der Waals surface area contributed by atoms with Gasteiger partial charge in [0.05, 0.1) is 11.0 Å². The Kier molecular flexibility index (Phi) is 6.09. The summed E-state index contributed by atoms with van der Waals surface area (Å²) in [6.07, 6.45) is -2.16. The second-order valence-electron chi connectivity index (χ2n) is 9.92. The molecule has 0 bridgehead atoms. The third-order valence-electron chi connectivity index (χ3n) is 7.27. The first kappa shape index (κ1) is 25.0. The molecule has 1 heterocycles. The van der Waals surface area contributed by atoms with E-state index in [1.807, 2.05) is 42.5 Å². The highest BCUT2D eigenvalue weighted by Crippen LogP contribution is 2.54. The van der Waals surface area contributed by atoms with Crippen LogP contribution in [0.3, 0.4) is 0 Å². The number of carbonyl (C=O) groups is 1. The van der Waals surface area contributed by atoms with Gasteiger partial charge in [0.25, 0.3) is 0 Å². The average Bonchev–Trinajstić information content (AvgIpc) is 3.85. The zero-order valence-electron chi connectivity index (χ0n) is 20.7. The van der Waals surface area contributed by atoms with E-state index in [1.165, 1.54) is 18.2 Å². The third-order valence-corrected chi connectivity index (χ3v) is 7.27. The van der Waals surface area contributed by atoms with E-state index in [9.17, 15) is 23.1 Å². The van der Waals surface area contributed by atoms with Crippen LogP contribution in [0.2, 0.25) is 0 Å². The number of hydrogen-bond acceptors (Lipinski definition) is 5. The lowest BCUT2D eigenvalue weighted by molar-refractivity contribution is -0.274. The molecule has 2 fully saturated rings. The van der Waals surface area contributed by atoms with E-state index < -0.39 is 23.5 Å². The number of carboxylic acid groups (broad SMARTS) is 1. The molecular weight excluding hydrogens is 511 g/mol. The molecule has 0 amide bonds. The van der Waals surface area contributed by atoms with Crippen molar-refractivity contribution in [1.29, 1.82) is 0 Å². The van der Waals surface area contributed by atoms with Crippen molar-refractivity contribution in [2.75, 3.05) is 0 Å². The number of nitrogens with zero attached hydrogens (tertiary/aromatic N) is 1. The van der Waals surface area contributed by atoms with Crippen molar-refractivity contribution in [2.45, 2.75) is 50.0 Å². The average molecular weight is 536 g/mol. The largest absolute Gasteiger partial charge is 0.573 e. The number of halogens is 3. The minimum atomic E-state index is -4.88. The Morgan fingerprint density at radius 3 is 2.33 bits per heavy atom. The van der Waals surface area contributed by atoms with Gasteiger partial charge < -0.3 is 19.1 Å². The lowest BCUT2D eigenvalue weighted by Gasteiger charge is -2.20.